The van der Waals surface area contributed by atoms with Gasteiger partial charge in [0.25, 0.3) is 0 Å². The SMILES string of the molecule is Cc1cc(C)c(Nc2nc(C)cc(NC3CCS(=O)(=O)C3)n2)c(C)c1. The van der Waals surface area contributed by atoms with E-state index in [1.54, 1.807) is 0 Å². The molecule has 25 heavy (non-hydrogen) atoms. The smallest absolute Gasteiger partial charge is 0.229 e. The second kappa shape index (κ2) is 6.63. The summed E-state index contributed by atoms with van der Waals surface area (Å²) in [5.74, 6) is 1.56. The zero-order valence-corrected chi connectivity index (χ0v) is 15.9. The summed E-state index contributed by atoms with van der Waals surface area (Å²) in [4.78, 5) is 8.97. The van der Waals surface area contributed by atoms with Crippen molar-refractivity contribution in [3.05, 3.63) is 40.6 Å². The highest BCUT2D eigenvalue weighted by Crippen LogP contribution is 2.25. The van der Waals surface area contributed by atoms with Gasteiger partial charge in [0.1, 0.15) is 5.82 Å². The fourth-order valence-electron chi connectivity index (χ4n) is 3.31. The Bertz CT molecular complexity index is 886. The Morgan fingerprint density at radius 1 is 1.04 bits per heavy atom. The highest BCUT2D eigenvalue weighted by molar-refractivity contribution is 7.91. The van der Waals surface area contributed by atoms with Gasteiger partial charge in [0, 0.05) is 23.5 Å². The lowest BCUT2D eigenvalue weighted by molar-refractivity contribution is 0.602. The van der Waals surface area contributed by atoms with Gasteiger partial charge >= 0.3 is 0 Å². The summed E-state index contributed by atoms with van der Waals surface area (Å²) in [6, 6.07) is 5.99. The van der Waals surface area contributed by atoms with Gasteiger partial charge in [-0.25, -0.2) is 13.4 Å². The van der Waals surface area contributed by atoms with Gasteiger partial charge in [-0.1, -0.05) is 17.7 Å². The van der Waals surface area contributed by atoms with Crippen LogP contribution in [0.2, 0.25) is 0 Å². The Balaban J connectivity index is 1.83. The van der Waals surface area contributed by atoms with E-state index in [1.807, 2.05) is 13.0 Å². The van der Waals surface area contributed by atoms with Crippen LogP contribution in [0.1, 0.15) is 28.8 Å². The van der Waals surface area contributed by atoms with Gasteiger partial charge in [0.15, 0.2) is 9.84 Å². The van der Waals surface area contributed by atoms with Crippen molar-refractivity contribution in [2.45, 2.75) is 40.2 Å². The molecule has 1 unspecified atom stereocenters. The zero-order valence-electron chi connectivity index (χ0n) is 15.0. The number of hydrogen-bond donors (Lipinski definition) is 2. The number of aryl methyl sites for hydroxylation is 4. The van der Waals surface area contributed by atoms with E-state index in [1.165, 1.54) is 5.56 Å². The van der Waals surface area contributed by atoms with Crippen molar-refractivity contribution in [1.29, 1.82) is 0 Å². The number of benzene rings is 1. The highest BCUT2D eigenvalue weighted by atomic mass is 32.2. The van der Waals surface area contributed by atoms with E-state index in [0.717, 1.165) is 22.5 Å². The predicted molar refractivity (Wildman–Crippen MR) is 101 cm³/mol. The van der Waals surface area contributed by atoms with Crippen LogP contribution in [0.5, 0.6) is 0 Å². The Labute approximate surface area is 149 Å². The van der Waals surface area contributed by atoms with Crippen molar-refractivity contribution in [3.8, 4) is 0 Å². The first-order valence-corrected chi connectivity index (χ1v) is 10.2. The molecule has 1 atom stereocenters. The molecule has 7 heteroatoms. The molecule has 2 N–H and O–H groups in total. The second-order valence-corrected chi connectivity index (χ2v) is 9.09. The molecule has 1 aliphatic rings. The van der Waals surface area contributed by atoms with Crippen LogP contribution in [0.15, 0.2) is 18.2 Å². The van der Waals surface area contributed by atoms with Crippen LogP contribution in [0.25, 0.3) is 0 Å². The highest BCUT2D eigenvalue weighted by Gasteiger charge is 2.28. The number of nitrogens with zero attached hydrogens (tertiary/aromatic N) is 2. The van der Waals surface area contributed by atoms with Gasteiger partial charge in [-0.3, -0.25) is 0 Å². The van der Waals surface area contributed by atoms with E-state index < -0.39 is 9.84 Å². The zero-order chi connectivity index (χ0) is 18.2. The lowest BCUT2D eigenvalue weighted by Gasteiger charge is -2.16. The Kier molecular flexibility index (Phi) is 4.69. The van der Waals surface area contributed by atoms with Gasteiger partial charge in [-0.15, -0.1) is 0 Å². The third-order valence-electron chi connectivity index (χ3n) is 4.35. The summed E-state index contributed by atoms with van der Waals surface area (Å²) in [7, 11) is -2.92. The van der Waals surface area contributed by atoms with Crippen LogP contribution in [0, 0.1) is 27.7 Å². The number of rotatable bonds is 4. The molecule has 134 valence electrons. The van der Waals surface area contributed by atoms with Crippen LogP contribution in [0.3, 0.4) is 0 Å². The summed E-state index contributed by atoms with van der Waals surface area (Å²) in [5, 5.41) is 6.54. The van der Waals surface area contributed by atoms with Crippen LogP contribution in [0.4, 0.5) is 17.5 Å². The van der Waals surface area contributed by atoms with E-state index >= 15 is 0 Å². The average Bonchev–Trinajstić information content (AvgIpc) is 2.81. The Morgan fingerprint density at radius 3 is 2.32 bits per heavy atom. The molecule has 0 aliphatic carbocycles. The number of aromatic nitrogens is 2. The first-order chi connectivity index (χ1) is 11.7. The monoisotopic (exact) mass is 360 g/mol. The number of anilines is 3. The molecule has 1 aliphatic heterocycles. The molecule has 0 radical (unpaired) electrons. The van der Waals surface area contributed by atoms with E-state index in [-0.39, 0.29) is 17.5 Å². The molecular weight excluding hydrogens is 336 g/mol. The molecule has 2 aromatic rings. The third-order valence-corrected chi connectivity index (χ3v) is 6.12. The molecule has 0 amide bonds. The summed E-state index contributed by atoms with van der Waals surface area (Å²) >= 11 is 0. The summed E-state index contributed by atoms with van der Waals surface area (Å²) in [6.45, 7) is 8.09. The van der Waals surface area contributed by atoms with E-state index in [2.05, 4.69) is 53.5 Å². The van der Waals surface area contributed by atoms with E-state index in [9.17, 15) is 8.42 Å². The first kappa shape index (κ1) is 17.7. The maximum atomic E-state index is 11.6. The van der Waals surface area contributed by atoms with Crippen LogP contribution in [-0.2, 0) is 9.84 Å². The standard InChI is InChI=1S/C18H24N4O2S/c1-11-7-12(2)17(13(3)8-11)22-18-19-14(4)9-16(21-18)20-15-5-6-25(23,24)10-15/h7-9,15H,5-6,10H2,1-4H3,(H2,19,20,21,22). The van der Waals surface area contributed by atoms with Crippen molar-refractivity contribution in [2.75, 3.05) is 22.1 Å². The maximum absolute atomic E-state index is 11.6. The lowest BCUT2D eigenvalue weighted by atomic mass is 10.1. The quantitative estimate of drug-likeness (QED) is 0.872. The van der Waals surface area contributed by atoms with Gasteiger partial charge in [0.05, 0.1) is 11.5 Å². The lowest BCUT2D eigenvalue weighted by Crippen LogP contribution is -2.21. The van der Waals surface area contributed by atoms with Crippen LogP contribution < -0.4 is 10.6 Å². The Morgan fingerprint density at radius 2 is 1.72 bits per heavy atom. The Hall–Kier alpha value is -2.15. The number of sulfone groups is 1. The van der Waals surface area contributed by atoms with Crippen molar-refractivity contribution < 1.29 is 8.42 Å². The fourth-order valence-corrected chi connectivity index (χ4v) is 4.98. The summed E-state index contributed by atoms with van der Waals surface area (Å²) in [6.07, 6.45) is 0.615. The topological polar surface area (TPSA) is 84.0 Å². The largest absolute Gasteiger partial charge is 0.366 e. The van der Waals surface area contributed by atoms with Crippen molar-refractivity contribution in [3.63, 3.8) is 0 Å². The fraction of sp³-hybridized carbons (Fsp3) is 0.444. The van der Waals surface area contributed by atoms with Gasteiger partial charge in [-0.2, -0.15) is 4.98 Å². The molecular formula is C18H24N4O2S. The third kappa shape index (κ3) is 4.28. The van der Waals surface area contributed by atoms with Gasteiger partial charge in [0.2, 0.25) is 5.95 Å². The van der Waals surface area contributed by atoms with Crippen molar-refractivity contribution in [1.82, 2.24) is 9.97 Å². The van der Waals surface area contributed by atoms with Crippen LogP contribution >= 0.6 is 0 Å². The molecule has 1 aromatic carbocycles. The average molecular weight is 360 g/mol. The van der Waals surface area contributed by atoms with Crippen LogP contribution in [-0.4, -0.2) is 35.9 Å². The van der Waals surface area contributed by atoms with E-state index in [4.69, 9.17) is 0 Å². The molecule has 0 bridgehead atoms. The number of nitrogens with one attached hydrogen (secondary N) is 2. The van der Waals surface area contributed by atoms with Gasteiger partial charge < -0.3 is 10.6 Å². The molecule has 6 nitrogen and oxygen atoms in total. The molecule has 0 spiro atoms. The minimum absolute atomic E-state index is 0.0880. The van der Waals surface area contributed by atoms with E-state index in [0.29, 0.717) is 18.2 Å². The minimum Gasteiger partial charge on any atom is -0.366 e. The molecule has 0 saturated carbocycles. The van der Waals surface area contributed by atoms with Crippen molar-refractivity contribution in [2.24, 2.45) is 0 Å². The normalized spacial score (nSPS) is 19.0. The van der Waals surface area contributed by atoms with Crippen molar-refractivity contribution >= 4 is 27.3 Å². The first-order valence-electron chi connectivity index (χ1n) is 8.39. The molecule has 1 aromatic heterocycles. The maximum Gasteiger partial charge on any atom is 0.229 e. The molecule has 2 heterocycles. The predicted octanol–water partition coefficient (Wildman–Crippen LogP) is 3.05. The molecule has 1 fully saturated rings. The van der Waals surface area contributed by atoms with Gasteiger partial charge in [-0.05, 0) is 45.2 Å². The minimum atomic E-state index is -2.92. The second-order valence-electron chi connectivity index (χ2n) is 6.86. The molecule has 3 rings (SSSR count). The summed E-state index contributed by atoms with van der Waals surface area (Å²) < 4.78 is 23.2. The molecule has 1 saturated heterocycles. The number of hydrogen-bond acceptors (Lipinski definition) is 6. The summed E-state index contributed by atoms with van der Waals surface area (Å²) in [5.41, 5.74) is 5.32.